The average Bonchev–Trinajstić information content (AvgIpc) is 2.20. The van der Waals surface area contributed by atoms with E-state index in [0.717, 1.165) is 25.3 Å². The van der Waals surface area contributed by atoms with Crippen molar-refractivity contribution in [1.82, 2.24) is 4.90 Å². The maximum atomic E-state index is 11.9. The summed E-state index contributed by atoms with van der Waals surface area (Å²) >= 11 is 0. The van der Waals surface area contributed by atoms with Gasteiger partial charge in [0.25, 0.3) is 0 Å². The summed E-state index contributed by atoms with van der Waals surface area (Å²) in [5.74, 6) is 1.13. The molecule has 0 saturated heterocycles. The smallest absolute Gasteiger partial charge is 0.227 e. The van der Waals surface area contributed by atoms with Crippen molar-refractivity contribution in [2.75, 3.05) is 6.54 Å². The van der Waals surface area contributed by atoms with Gasteiger partial charge in [0, 0.05) is 18.7 Å². The minimum atomic E-state index is 0.351. The fourth-order valence-corrected chi connectivity index (χ4v) is 2.73. The molecule has 1 fully saturated rings. The Morgan fingerprint density at radius 3 is 2.62 bits per heavy atom. The van der Waals surface area contributed by atoms with Gasteiger partial charge in [0.2, 0.25) is 5.91 Å². The molecule has 0 spiro atoms. The molecule has 16 heavy (non-hydrogen) atoms. The van der Waals surface area contributed by atoms with E-state index in [1.807, 2.05) is 0 Å². The standard InChI is InChI=1S/C14H23NO/c1-3-5-13-8-9-14(16)15(11(13)2)10-12-6-4-7-12/h12H,3-10H2,1-2H3. The van der Waals surface area contributed by atoms with E-state index in [9.17, 15) is 4.79 Å². The van der Waals surface area contributed by atoms with E-state index in [2.05, 4.69) is 18.7 Å². The fourth-order valence-electron chi connectivity index (χ4n) is 2.73. The summed E-state index contributed by atoms with van der Waals surface area (Å²) in [5, 5.41) is 0. The molecule has 2 heteroatoms. The Balaban J connectivity index is 2.06. The molecule has 1 amide bonds. The number of carbonyl (C=O) groups is 1. The van der Waals surface area contributed by atoms with Gasteiger partial charge >= 0.3 is 0 Å². The molecule has 0 aromatic rings. The highest BCUT2D eigenvalue weighted by molar-refractivity contribution is 5.79. The Morgan fingerprint density at radius 1 is 1.31 bits per heavy atom. The van der Waals surface area contributed by atoms with Gasteiger partial charge in [-0.3, -0.25) is 4.79 Å². The third-order valence-corrected chi connectivity index (χ3v) is 4.08. The van der Waals surface area contributed by atoms with E-state index in [4.69, 9.17) is 0 Å². The van der Waals surface area contributed by atoms with Crippen molar-refractivity contribution in [3.8, 4) is 0 Å². The highest BCUT2D eigenvalue weighted by Crippen LogP contribution is 2.32. The Bertz CT molecular complexity index is 302. The second-order valence-corrected chi connectivity index (χ2v) is 5.24. The molecule has 2 nitrogen and oxygen atoms in total. The van der Waals surface area contributed by atoms with Gasteiger partial charge in [-0.05, 0) is 38.5 Å². The maximum Gasteiger partial charge on any atom is 0.227 e. The van der Waals surface area contributed by atoms with E-state index in [1.54, 1.807) is 0 Å². The molecule has 1 saturated carbocycles. The third kappa shape index (κ3) is 2.31. The van der Waals surface area contributed by atoms with Crippen molar-refractivity contribution in [3.63, 3.8) is 0 Å². The Morgan fingerprint density at radius 2 is 2.06 bits per heavy atom. The molecule has 1 heterocycles. The summed E-state index contributed by atoms with van der Waals surface area (Å²) < 4.78 is 0. The first-order valence-electron chi connectivity index (χ1n) is 6.71. The molecule has 1 aliphatic carbocycles. The molecule has 0 bridgehead atoms. The van der Waals surface area contributed by atoms with Crippen molar-refractivity contribution >= 4 is 5.91 Å². The number of carbonyl (C=O) groups excluding carboxylic acids is 1. The summed E-state index contributed by atoms with van der Waals surface area (Å²) in [6.07, 6.45) is 8.09. The first kappa shape index (κ1) is 11.7. The Hall–Kier alpha value is -0.790. The molecule has 0 aromatic carbocycles. The Kier molecular flexibility index (Phi) is 3.67. The normalized spacial score (nSPS) is 22.6. The van der Waals surface area contributed by atoms with Crippen LogP contribution in [-0.2, 0) is 4.79 Å². The van der Waals surface area contributed by atoms with Crippen molar-refractivity contribution in [1.29, 1.82) is 0 Å². The lowest BCUT2D eigenvalue weighted by molar-refractivity contribution is -0.131. The van der Waals surface area contributed by atoms with Gasteiger partial charge in [-0.15, -0.1) is 0 Å². The first-order valence-corrected chi connectivity index (χ1v) is 6.71. The number of rotatable bonds is 4. The highest BCUT2D eigenvalue weighted by Gasteiger charge is 2.28. The van der Waals surface area contributed by atoms with Gasteiger partial charge in [-0.1, -0.05) is 25.3 Å². The summed E-state index contributed by atoms with van der Waals surface area (Å²) in [6, 6.07) is 0. The molecule has 2 aliphatic rings. The van der Waals surface area contributed by atoms with E-state index >= 15 is 0 Å². The van der Waals surface area contributed by atoms with Crippen LogP contribution in [0.3, 0.4) is 0 Å². The van der Waals surface area contributed by atoms with Crippen LogP contribution in [0.15, 0.2) is 11.3 Å². The molecular weight excluding hydrogens is 198 g/mol. The minimum absolute atomic E-state index is 0.351. The molecule has 2 rings (SSSR count). The van der Waals surface area contributed by atoms with Crippen LogP contribution in [0.25, 0.3) is 0 Å². The second-order valence-electron chi connectivity index (χ2n) is 5.24. The predicted molar refractivity (Wildman–Crippen MR) is 65.9 cm³/mol. The van der Waals surface area contributed by atoms with Gasteiger partial charge in [0.05, 0.1) is 0 Å². The van der Waals surface area contributed by atoms with E-state index in [0.29, 0.717) is 5.91 Å². The molecule has 0 atom stereocenters. The minimum Gasteiger partial charge on any atom is -0.316 e. The van der Waals surface area contributed by atoms with Crippen LogP contribution in [0.2, 0.25) is 0 Å². The summed E-state index contributed by atoms with van der Waals surface area (Å²) in [5.41, 5.74) is 2.78. The lowest BCUT2D eigenvalue weighted by Crippen LogP contribution is -2.38. The largest absolute Gasteiger partial charge is 0.316 e. The molecular formula is C14H23NO. The average molecular weight is 221 g/mol. The summed E-state index contributed by atoms with van der Waals surface area (Å²) in [7, 11) is 0. The molecule has 90 valence electrons. The molecule has 0 unspecified atom stereocenters. The molecule has 0 radical (unpaired) electrons. The number of hydrogen-bond acceptors (Lipinski definition) is 1. The van der Waals surface area contributed by atoms with Gasteiger partial charge < -0.3 is 4.90 Å². The van der Waals surface area contributed by atoms with Crippen molar-refractivity contribution in [2.45, 2.75) is 58.8 Å². The highest BCUT2D eigenvalue weighted by atomic mass is 16.2. The topological polar surface area (TPSA) is 20.3 Å². The Labute approximate surface area is 98.7 Å². The first-order chi connectivity index (χ1) is 7.72. The second kappa shape index (κ2) is 5.03. The van der Waals surface area contributed by atoms with Crippen LogP contribution in [0.4, 0.5) is 0 Å². The lowest BCUT2D eigenvalue weighted by atomic mass is 9.84. The number of nitrogens with zero attached hydrogens (tertiary/aromatic N) is 1. The SMILES string of the molecule is CCCC1=C(C)N(CC2CCC2)C(=O)CC1. The number of amides is 1. The quantitative estimate of drug-likeness (QED) is 0.711. The van der Waals surface area contributed by atoms with Gasteiger partial charge in [0.15, 0.2) is 0 Å². The molecule has 0 N–H and O–H groups in total. The van der Waals surface area contributed by atoms with Crippen molar-refractivity contribution < 1.29 is 4.79 Å². The zero-order valence-corrected chi connectivity index (χ0v) is 10.6. The van der Waals surface area contributed by atoms with Crippen LogP contribution < -0.4 is 0 Å². The van der Waals surface area contributed by atoms with Crippen molar-refractivity contribution in [2.24, 2.45) is 5.92 Å². The van der Waals surface area contributed by atoms with E-state index in [-0.39, 0.29) is 0 Å². The maximum absolute atomic E-state index is 11.9. The fraction of sp³-hybridized carbons (Fsp3) is 0.786. The zero-order valence-electron chi connectivity index (χ0n) is 10.6. The monoisotopic (exact) mass is 221 g/mol. The van der Waals surface area contributed by atoms with Crippen LogP contribution in [0, 0.1) is 5.92 Å². The van der Waals surface area contributed by atoms with Crippen LogP contribution in [-0.4, -0.2) is 17.4 Å². The summed E-state index contributed by atoms with van der Waals surface area (Å²) in [6.45, 7) is 5.34. The number of hydrogen-bond donors (Lipinski definition) is 0. The van der Waals surface area contributed by atoms with Crippen LogP contribution in [0.1, 0.15) is 58.8 Å². The zero-order chi connectivity index (χ0) is 11.5. The van der Waals surface area contributed by atoms with Crippen LogP contribution in [0.5, 0.6) is 0 Å². The third-order valence-electron chi connectivity index (χ3n) is 4.08. The van der Waals surface area contributed by atoms with Crippen LogP contribution >= 0.6 is 0 Å². The van der Waals surface area contributed by atoms with E-state index < -0.39 is 0 Å². The van der Waals surface area contributed by atoms with Gasteiger partial charge in [-0.25, -0.2) is 0 Å². The van der Waals surface area contributed by atoms with Crippen molar-refractivity contribution in [3.05, 3.63) is 11.3 Å². The number of allylic oxidation sites excluding steroid dienone is 2. The molecule has 0 aromatic heterocycles. The summed E-state index contributed by atoms with van der Waals surface area (Å²) in [4.78, 5) is 14.0. The predicted octanol–water partition coefficient (Wildman–Crippen LogP) is 3.48. The molecule has 1 aliphatic heterocycles. The van der Waals surface area contributed by atoms with Gasteiger partial charge in [-0.2, -0.15) is 0 Å². The van der Waals surface area contributed by atoms with E-state index in [1.165, 1.54) is 43.4 Å². The van der Waals surface area contributed by atoms with Gasteiger partial charge in [0.1, 0.15) is 0 Å². The lowest BCUT2D eigenvalue weighted by Gasteiger charge is -2.36.